The molecule has 0 fully saturated rings. The maximum absolute atomic E-state index is 11.2. The molecular formula is C14H20N2O2. The van der Waals surface area contributed by atoms with Gasteiger partial charge in [-0.2, -0.15) is 0 Å². The Labute approximate surface area is 108 Å². The van der Waals surface area contributed by atoms with Gasteiger partial charge in [0.15, 0.2) is 6.61 Å². The number of amides is 1. The summed E-state index contributed by atoms with van der Waals surface area (Å²) in [7, 11) is 0. The second-order valence-corrected chi connectivity index (χ2v) is 4.88. The van der Waals surface area contributed by atoms with Crippen LogP contribution in [0.4, 0.5) is 5.69 Å². The summed E-state index contributed by atoms with van der Waals surface area (Å²) < 4.78 is 5.32. The number of carbonyl (C=O) groups excluding carboxylic acids is 1. The lowest BCUT2D eigenvalue weighted by molar-refractivity contribution is -0.118. The fourth-order valence-electron chi connectivity index (χ4n) is 1.97. The average molecular weight is 248 g/mol. The number of carbonyl (C=O) groups is 1. The topological polar surface area (TPSA) is 50.4 Å². The third-order valence-corrected chi connectivity index (χ3v) is 2.87. The van der Waals surface area contributed by atoms with Crippen LogP contribution in [0.2, 0.25) is 0 Å². The first-order valence-corrected chi connectivity index (χ1v) is 6.44. The molecule has 4 nitrogen and oxygen atoms in total. The molecule has 0 saturated carbocycles. The Morgan fingerprint density at radius 3 is 3.06 bits per heavy atom. The van der Waals surface area contributed by atoms with Gasteiger partial charge in [0.1, 0.15) is 5.75 Å². The Morgan fingerprint density at radius 1 is 1.44 bits per heavy atom. The van der Waals surface area contributed by atoms with Gasteiger partial charge < -0.3 is 15.4 Å². The largest absolute Gasteiger partial charge is 0.482 e. The van der Waals surface area contributed by atoms with E-state index in [1.54, 1.807) is 0 Å². The molecule has 0 atom stereocenters. The molecule has 0 spiro atoms. The SMILES string of the molecule is CC(C)NCCCc1ccc2c(c1)NC(=O)CO2. The number of aryl methyl sites for hydroxylation is 1. The molecule has 0 unspecified atom stereocenters. The molecule has 0 bridgehead atoms. The number of ether oxygens (including phenoxy) is 1. The molecule has 1 aromatic rings. The van der Waals surface area contributed by atoms with Crippen LogP contribution in [0.15, 0.2) is 18.2 Å². The van der Waals surface area contributed by atoms with Gasteiger partial charge in [-0.15, -0.1) is 0 Å². The summed E-state index contributed by atoms with van der Waals surface area (Å²) in [5, 5.41) is 6.22. The quantitative estimate of drug-likeness (QED) is 0.783. The molecule has 1 aliphatic rings. The molecule has 0 saturated heterocycles. The molecule has 2 N–H and O–H groups in total. The summed E-state index contributed by atoms with van der Waals surface area (Å²) in [5.41, 5.74) is 2.02. The highest BCUT2D eigenvalue weighted by atomic mass is 16.5. The van der Waals surface area contributed by atoms with Gasteiger partial charge in [0.05, 0.1) is 5.69 Å². The first kappa shape index (κ1) is 12.9. The van der Waals surface area contributed by atoms with Crippen LogP contribution in [0.25, 0.3) is 0 Å². The number of rotatable bonds is 5. The molecule has 0 aromatic heterocycles. The summed E-state index contributed by atoms with van der Waals surface area (Å²) in [5.74, 6) is 0.680. The fraction of sp³-hybridized carbons (Fsp3) is 0.500. The van der Waals surface area contributed by atoms with Crippen LogP contribution in [-0.2, 0) is 11.2 Å². The monoisotopic (exact) mass is 248 g/mol. The van der Waals surface area contributed by atoms with E-state index < -0.39 is 0 Å². The Balaban J connectivity index is 1.90. The highest BCUT2D eigenvalue weighted by molar-refractivity contribution is 5.95. The van der Waals surface area contributed by atoms with E-state index in [0.717, 1.165) is 30.8 Å². The molecule has 98 valence electrons. The lowest BCUT2D eigenvalue weighted by atomic mass is 10.1. The van der Waals surface area contributed by atoms with Crippen LogP contribution in [0.3, 0.4) is 0 Å². The third-order valence-electron chi connectivity index (χ3n) is 2.87. The van der Waals surface area contributed by atoms with Crippen molar-refractivity contribution in [2.75, 3.05) is 18.5 Å². The molecule has 0 aliphatic carbocycles. The molecule has 1 amide bonds. The van der Waals surface area contributed by atoms with E-state index in [9.17, 15) is 4.79 Å². The van der Waals surface area contributed by atoms with Crippen LogP contribution in [0.5, 0.6) is 5.75 Å². The van der Waals surface area contributed by atoms with Crippen molar-refractivity contribution in [1.29, 1.82) is 0 Å². The number of nitrogens with one attached hydrogen (secondary N) is 2. The van der Waals surface area contributed by atoms with Gasteiger partial charge in [-0.3, -0.25) is 4.79 Å². The first-order chi connectivity index (χ1) is 8.65. The highest BCUT2D eigenvalue weighted by Gasteiger charge is 2.15. The zero-order valence-corrected chi connectivity index (χ0v) is 11.0. The molecule has 1 heterocycles. The summed E-state index contributed by atoms with van der Waals surface area (Å²) in [6, 6.07) is 6.52. The Bertz CT molecular complexity index is 430. The normalized spacial score (nSPS) is 14.1. The minimum Gasteiger partial charge on any atom is -0.482 e. The predicted octanol–water partition coefficient (Wildman–Crippen LogP) is 1.95. The Morgan fingerprint density at radius 2 is 2.28 bits per heavy atom. The third kappa shape index (κ3) is 3.47. The van der Waals surface area contributed by atoms with E-state index in [4.69, 9.17) is 4.74 Å². The molecule has 1 aliphatic heterocycles. The van der Waals surface area contributed by atoms with Crippen molar-refractivity contribution in [2.24, 2.45) is 0 Å². The van der Waals surface area contributed by atoms with E-state index in [1.807, 2.05) is 12.1 Å². The minimum atomic E-state index is -0.0823. The van der Waals surface area contributed by atoms with Crippen LogP contribution in [0.1, 0.15) is 25.8 Å². The van der Waals surface area contributed by atoms with Crippen molar-refractivity contribution in [3.05, 3.63) is 23.8 Å². The van der Waals surface area contributed by atoms with Gasteiger partial charge in [0, 0.05) is 6.04 Å². The standard InChI is InChI=1S/C14H20N2O2/c1-10(2)15-7-3-4-11-5-6-13-12(8-11)16-14(17)9-18-13/h5-6,8,10,15H,3-4,7,9H2,1-2H3,(H,16,17). The van der Waals surface area contributed by atoms with Gasteiger partial charge in [0.25, 0.3) is 5.91 Å². The smallest absolute Gasteiger partial charge is 0.262 e. The van der Waals surface area contributed by atoms with Crippen LogP contribution < -0.4 is 15.4 Å². The van der Waals surface area contributed by atoms with Crippen molar-refractivity contribution in [3.63, 3.8) is 0 Å². The summed E-state index contributed by atoms with van der Waals surface area (Å²) in [6.07, 6.45) is 2.09. The number of anilines is 1. The summed E-state index contributed by atoms with van der Waals surface area (Å²) in [6.45, 7) is 5.42. The second kappa shape index (κ2) is 5.87. The maximum atomic E-state index is 11.2. The lowest BCUT2D eigenvalue weighted by Crippen LogP contribution is -2.25. The van der Waals surface area contributed by atoms with Crippen molar-refractivity contribution >= 4 is 11.6 Å². The average Bonchev–Trinajstić information content (AvgIpc) is 2.34. The molecule has 2 rings (SSSR count). The van der Waals surface area contributed by atoms with E-state index in [-0.39, 0.29) is 12.5 Å². The molecule has 1 aromatic carbocycles. The lowest BCUT2D eigenvalue weighted by Gasteiger charge is -2.18. The van der Waals surface area contributed by atoms with Gasteiger partial charge >= 0.3 is 0 Å². The number of fused-ring (bicyclic) bond motifs is 1. The zero-order chi connectivity index (χ0) is 13.0. The molecule has 18 heavy (non-hydrogen) atoms. The highest BCUT2D eigenvalue weighted by Crippen LogP contribution is 2.28. The van der Waals surface area contributed by atoms with Gasteiger partial charge in [-0.1, -0.05) is 19.9 Å². The van der Waals surface area contributed by atoms with E-state index >= 15 is 0 Å². The van der Waals surface area contributed by atoms with Crippen molar-refractivity contribution in [3.8, 4) is 5.75 Å². The minimum absolute atomic E-state index is 0.0823. The Hall–Kier alpha value is -1.55. The molecule has 4 heteroatoms. The van der Waals surface area contributed by atoms with E-state index in [1.165, 1.54) is 5.56 Å². The summed E-state index contributed by atoms with van der Waals surface area (Å²) in [4.78, 5) is 11.2. The predicted molar refractivity (Wildman–Crippen MR) is 72.0 cm³/mol. The first-order valence-electron chi connectivity index (χ1n) is 6.44. The van der Waals surface area contributed by atoms with E-state index in [0.29, 0.717) is 6.04 Å². The fourth-order valence-corrected chi connectivity index (χ4v) is 1.97. The van der Waals surface area contributed by atoms with Crippen molar-refractivity contribution in [1.82, 2.24) is 5.32 Å². The van der Waals surface area contributed by atoms with Gasteiger partial charge in [-0.05, 0) is 37.1 Å². The van der Waals surface area contributed by atoms with Crippen LogP contribution in [0, 0.1) is 0 Å². The van der Waals surface area contributed by atoms with Crippen molar-refractivity contribution in [2.45, 2.75) is 32.7 Å². The summed E-state index contributed by atoms with van der Waals surface area (Å²) >= 11 is 0. The zero-order valence-electron chi connectivity index (χ0n) is 11.0. The van der Waals surface area contributed by atoms with Gasteiger partial charge in [-0.25, -0.2) is 0 Å². The van der Waals surface area contributed by atoms with Crippen molar-refractivity contribution < 1.29 is 9.53 Å². The van der Waals surface area contributed by atoms with Gasteiger partial charge in [0.2, 0.25) is 0 Å². The number of hydrogen-bond donors (Lipinski definition) is 2. The second-order valence-electron chi connectivity index (χ2n) is 4.88. The van der Waals surface area contributed by atoms with Crippen LogP contribution >= 0.6 is 0 Å². The number of hydrogen-bond acceptors (Lipinski definition) is 3. The van der Waals surface area contributed by atoms with Crippen LogP contribution in [-0.4, -0.2) is 25.1 Å². The molecular weight excluding hydrogens is 228 g/mol. The number of benzene rings is 1. The maximum Gasteiger partial charge on any atom is 0.262 e. The Kier molecular flexibility index (Phi) is 4.20. The molecule has 0 radical (unpaired) electrons. The van der Waals surface area contributed by atoms with E-state index in [2.05, 4.69) is 30.5 Å².